The lowest BCUT2D eigenvalue weighted by Crippen LogP contribution is -2.23. The Morgan fingerprint density at radius 1 is 1.00 bits per heavy atom. The van der Waals surface area contributed by atoms with Crippen LogP contribution in [0, 0.1) is 13.8 Å². The van der Waals surface area contributed by atoms with Gasteiger partial charge in [0.15, 0.2) is 0 Å². The minimum atomic E-state index is 1.01. The smallest absolute Gasteiger partial charge is 0.0874 e. The second-order valence-corrected chi connectivity index (χ2v) is 4.41. The first-order valence-electron chi connectivity index (χ1n) is 5.76. The van der Waals surface area contributed by atoms with Crippen molar-refractivity contribution < 1.29 is 0 Å². The highest BCUT2D eigenvalue weighted by Gasteiger charge is 2.05. The Labute approximate surface area is 100 Å². The summed E-state index contributed by atoms with van der Waals surface area (Å²) in [7, 11) is 0. The normalized spacial score (nSPS) is 12.4. The van der Waals surface area contributed by atoms with Gasteiger partial charge in [-0.25, -0.2) is 4.99 Å². The number of fused-ring (bicyclic) bond motifs is 2. The van der Waals surface area contributed by atoms with E-state index in [-0.39, 0.29) is 0 Å². The van der Waals surface area contributed by atoms with Crippen molar-refractivity contribution in [1.29, 1.82) is 0 Å². The van der Waals surface area contributed by atoms with Gasteiger partial charge in [0, 0.05) is 11.4 Å². The van der Waals surface area contributed by atoms with Crippen molar-refractivity contribution in [3.63, 3.8) is 0 Å². The Kier molecular flexibility index (Phi) is 2.22. The summed E-state index contributed by atoms with van der Waals surface area (Å²) in [5.41, 5.74) is 4.64. The third-order valence-corrected chi connectivity index (χ3v) is 3.17. The topological polar surface area (TPSA) is 24.4 Å². The van der Waals surface area contributed by atoms with E-state index >= 15 is 0 Å². The predicted octanol–water partition coefficient (Wildman–Crippen LogP) is 2.42. The zero-order valence-corrected chi connectivity index (χ0v) is 9.99. The van der Waals surface area contributed by atoms with E-state index in [0.29, 0.717) is 0 Å². The quantitative estimate of drug-likeness (QED) is 0.727. The van der Waals surface area contributed by atoms with Gasteiger partial charge in [-0.1, -0.05) is 18.2 Å². The molecule has 0 saturated heterocycles. The van der Waals surface area contributed by atoms with Gasteiger partial charge in [-0.2, -0.15) is 0 Å². The summed E-state index contributed by atoms with van der Waals surface area (Å²) in [6.45, 7) is 4.24. The molecule has 0 aromatic heterocycles. The lowest BCUT2D eigenvalue weighted by Gasteiger charge is -2.07. The van der Waals surface area contributed by atoms with Gasteiger partial charge in [0.1, 0.15) is 0 Å². The average Bonchev–Trinajstić information content (AvgIpc) is 2.49. The van der Waals surface area contributed by atoms with E-state index in [9.17, 15) is 0 Å². The van der Waals surface area contributed by atoms with Crippen LogP contribution in [0.1, 0.15) is 11.1 Å². The molecule has 1 heterocycles. The molecular formula is C15H14N2. The molecule has 1 N–H and O–H groups in total. The van der Waals surface area contributed by atoms with Crippen molar-refractivity contribution >= 4 is 17.6 Å². The molecule has 0 spiro atoms. The van der Waals surface area contributed by atoms with Crippen molar-refractivity contribution in [2.45, 2.75) is 13.8 Å². The molecule has 0 saturated carbocycles. The number of nitrogens with zero attached hydrogens (tertiary/aromatic N) is 1. The maximum Gasteiger partial charge on any atom is 0.0874 e. The summed E-state index contributed by atoms with van der Waals surface area (Å²) < 4.78 is 0. The first-order valence-corrected chi connectivity index (χ1v) is 5.76. The number of aryl methyl sites for hydroxylation is 2. The number of hydrogen-bond donors (Lipinski definition) is 1. The second kappa shape index (κ2) is 3.74. The summed E-state index contributed by atoms with van der Waals surface area (Å²) >= 11 is 0. The van der Waals surface area contributed by atoms with Crippen LogP contribution in [0.5, 0.6) is 0 Å². The molecule has 0 amide bonds. The van der Waals surface area contributed by atoms with Crippen LogP contribution >= 0.6 is 0 Å². The Morgan fingerprint density at radius 3 is 2.65 bits per heavy atom. The van der Waals surface area contributed by atoms with E-state index in [1.54, 1.807) is 0 Å². The van der Waals surface area contributed by atoms with Crippen molar-refractivity contribution in [3.8, 4) is 0 Å². The van der Waals surface area contributed by atoms with Crippen LogP contribution in [0.4, 0.5) is 11.4 Å². The highest BCUT2D eigenvalue weighted by molar-refractivity contribution is 5.73. The molecule has 3 rings (SSSR count). The number of hydrogen-bond acceptors (Lipinski definition) is 2. The molecule has 1 aliphatic rings. The summed E-state index contributed by atoms with van der Waals surface area (Å²) in [6, 6.07) is 12.4. The maximum atomic E-state index is 4.71. The van der Waals surface area contributed by atoms with Gasteiger partial charge in [0.05, 0.1) is 16.7 Å². The van der Waals surface area contributed by atoms with E-state index in [1.807, 2.05) is 24.4 Å². The molecule has 2 heteroatoms. The molecule has 1 aliphatic heterocycles. The maximum absolute atomic E-state index is 4.71. The van der Waals surface area contributed by atoms with Gasteiger partial charge in [-0.3, -0.25) is 0 Å². The van der Waals surface area contributed by atoms with Crippen molar-refractivity contribution in [3.05, 3.63) is 58.1 Å². The zero-order valence-electron chi connectivity index (χ0n) is 9.99. The molecule has 2 nitrogen and oxygen atoms in total. The van der Waals surface area contributed by atoms with Crippen LogP contribution in [0.15, 0.2) is 41.4 Å². The summed E-state index contributed by atoms with van der Waals surface area (Å²) in [4.78, 5) is 4.71. The predicted molar refractivity (Wildman–Crippen MR) is 70.9 cm³/mol. The van der Waals surface area contributed by atoms with Crippen LogP contribution in [0.2, 0.25) is 0 Å². The van der Waals surface area contributed by atoms with Crippen molar-refractivity contribution in [1.82, 2.24) is 0 Å². The first-order chi connectivity index (χ1) is 8.24. The van der Waals surface area contributed by atoms with Crippen LogP contribution in [-0.2, 0) is 0 Å². The zero-order chi connectivity index (χ0) is 11.8. The Morgan fingerprint density at radius 2 is 1.76 bits per heavy atom. The van der Waals surface area contributed by atoms with Gasteiger partial charge < -0.3 is 5.32 Å². The van der Waals surface area contributed by atoms with Crippen LogP contribution in [0.25, 0.3) is 6.20 Å². The molecule has 0 aliphatic carbocycles. The van der Waals surface area contributed by atoms with Crippen LogP contribution in [-0.4, -0.2) is 0 Å². The molecule has 0 radical (unpaired) electrons. The number of para-hydroxylation sites is 1. The third-order valence-electron chi connectivity index (χ3n) is 3.17. The summed E-state index contributed by atoms with van der Waals surface area (Å²) in [6.07, 6.45) is 2.01. The Balaban J connectivity index is 2.32. The second-order valence-electron chi connectivity index (χ2n) is 4.41. The number of anilines is 1. The highest BCUT2D eigenvalue weighted by Crippen LogP contribution is 2.28. The molecule has 0 bridgehead atoms. The lowest BCUT2D eigenvalue weighted by molar-refractivity contribution is 1.28. The molecular weight excluding hydrogens is 208 g/mol. The molecule has 0 fully saturated rings. The van der Waals surface area contributed by atoms with Crippen LogP contribution in [0.3, 0.4) is 0 Å². The number of rotatable bonds is 0. The number of nitrogens with one attached hydrogen (secondary N) is 1. The molecule has 0 atom stereocenters. The molecule has 0 unspecified atom stereocenters. The van der Waals surface area contributed by atoms with E-state index in [2.05, 4.69) is 37.4 Å². The van der Waals surface area contributed by atoms with Gasteiger partial charge in [0.25, 0.3) is 0 Å². The molecule has 2 aromatic carbocycles. The Bertz CT molecular complexity index is 699. The SMILES string of the molecule is Cc1cc2c(cc1C)NC=c1ccccc1=N2. The first kappa shape index (κ1) is 10.1. The van der Waals surface area contributed by atoms with Gasteiger partial charge >= 0.3 is 0 Å². The molecule has 2 aromatic rings. The third kappa shape index (κ3) is 1.72. The lowest BCUT2D eigenvalue weighted by atomic mass is 10.1. The van der Waals surface area contributed by atoms with E-state index in [1.165, 1.54) is 11.1 Å². The average molecular weight is 222 g/mol. The fraction of sp³-hybridized carbons (Fsp3) is 0.133. The van der Waals surface area contributed by atoms with Gasteiger partial charge in [-0.05, 0) is 43.2 Å². The van der Waals surface area contributed by atoms with Crippen LogP contribution < -0.4 is 15.9 Å². The summed E-state index contributed by atoms with van der Waals surface area (Å²) in [5.74, 6) is 0. The van der Waals surface area contributed by atoms with Crippen molar-refractivity contribution in [2.75, 3.05) is 5.32 Å². The monoisotopic (exact) mass is 222 g/mol. The number of benzene rings is 2. The van der Waals surface area contributed by atoms with E-state index < -0.39 is 0 Å². The van der Waals surface area contributed by atoms with E-state index in [0.717, 1.165) is 22.0 Å². The fourth-order valence-corrected chi connectivity index (χ4v) is 2.01. The van der Waals surface area contributed by atoms with Crippen molar-refractivity contribution in [2.24, 2.45) is 4.99 Å². The molecule has 17 heavy (non-hydrogen) atoms. The fourth-order valence-electron chi connectivity index (χ4n) is 2.01. The molecule has 84 valence electrons. The highest BCUT2D eigenvalue weighted by atomic mass is 14.9. The van der Waals surface area contributed by atoms with Gasteiger partial charge in [-0.15, -0.1) is 0 Å². The van der Waals surface area contributed by atoms with Gasteiger partial charge in [0.2, 0.25) is 0 Å². The Hall–Kier alpha value is -2.09. The minimum Gasteiger partial charge on any atom is -0.359 e. The largest absolute Gasteiger partial charge is 0.359 e. The summed E-state index contributed by atoms with van der Waals surface area (Å²) in [5, 5.41) is 5.47. The van der Waals surface area contributed by atoms with E-state index in [4.69, 9.17) is 4.99 Å². The standard InChI is InChI=1S/C15H14N2/c1-10-7-14-15(8-11(10)2)17-13-6-4-3-5-12(13)9-16-14/h3-9,16H,1-2H3. The minimum absolute atomic E-state index is 1.01.